The second kappa shape index (κ2) is 9.17. The van der Waals surface area contributed by atoms with E-state index in [2.05, 4.69) is 124 Å². The first-order chi connectivity index (χ1) is 17.8. The Balaban J connectivity index is 1.51. The lowest BCUT2D eigenvalue weighted by molar-refractivity contribution is 0.968. The summed E-state index contributed by atoms with van der Waals surface area (Å²) in [5, 5.41) is 1.84. The molecule has 0 amide bonds. The van der Waals surface area contributed by atoms with Gasteiger partial charge in [-0.15, -0.1) is 0 Å². The Morgan fingerprint density at radius 3 is 1.27 bits per heavy atom. The van der Waals surface area contributed by atoms with Crippen LogP contribution in [0, 0.1) is 0 Å². The standard InChI is InChI=1S/C34H30Cl2Si/c1-21-31(35)29-25(23-13-7-5-8-14-23)17-11-19-27(29)33(21)37(3,4)34-22(2)32(36)30-26(18-12-20-28(30)34)24-15-9-6-10-16-24/h5-20,33-34H,1-4H3. The zero-order valence-electron chi connectivity index (χ0n) is 21.6. The fourth-order valence-corrected chi connectivity index (χ4v) is 12.8. The Morgan fingerprint density at radius 1 is 0.514 bits per heavy atom. The summed E-state index contributed by atoms with van der Waals surface area (Å²) in [5.74, 6) is 0. The summed E-state index contributed by atoms with van der Waals surface area (Å²) in [7, 11) is -2.08. The molecule has 184 valence electrons. The van der Waals surface area contributed by atoms with E-state index < -0.39 is 8.07 Å². The van der Waals surface area contributed by atoms with Gasteiger partial charge in [-0.1, -0.05) is 133 Å². The number of halogens is 2. The Hall–Kier alpha value is -2.84. The smallest absolute Gasteiger partial charge is 0.0723 e. The minimum absolute atomic E-state index is 0.314. The molecular formula is C34H30Cl2Si. The van der Waals surface area contributed by atoms with Crippen LogP contribution in [-0.4, -0.2) is 8.07 Å². The maximum absolute atomic E-state index is 7.19. The highest BCUT2D eigenvalue weighted by Crippen LogP contribution is 2.58. The Morgan fingerprint density at radius 2 is 0.892 bits per heavy atom. The molecule has 2 aliphatic rings. The van der Waals surface area contributed by atoms with Gasteiger partial charge in [0.1, 0.15) is 0 Å². The Bertz CT molecular complexity index is 1460. The van der Waals surface area contributed by atoms with E-state index in [4.69, 9.17) is 23.2 Å². The first-order valence-corrected chi connectivity index (χ1v) is 16.8. The molecule has 0 aliphatic heterocycles. The van der Waals surface area contributed by atoms with Crippen LogP contribution in [0.3, 0.4) is 0 Å². The molecule has 2 aliphatic carbocycles. The predicted molar refractivity (Wildman–Crippen MR) is 164 cm³/mol. The van der Waals surface area contributed by atoms with Crippen LogP contribution in [0.25, 0.3) is 32.3 Å². The summed E-state index contributed by atoms with van der Waals surface area (Å²) in [6.45, 7) is 9.54. The van der Waals surface area contributed by atoms with E-state index in [-0.39, 0.29) is 0 Å². The van der Waals surface area contributed by atoms with E-state index in [1.54, 1.807) is 0 Å². The van der Waals surface area contributed by atoms with Crippen molar-refractivity contribution >= 4 is 41.3 Å². The highest BCUT2D eigenvalue weighted by atomic mass is 35.5. The number of allylic oxidation sites excluding steroid dienone is 2. The van der Waals surface area contributed by atoms with E-state index >= 15 is 0 Å². The first kappa shape index (κ1) is 24.5. The third-order valence-corrected chi connectivity index (χ3v) is 13.9. The molecule has 4 aromatic carbocycles. The van der Waals surface area contributed by atoms with Crippen LogP contribution in [-0.2, 0) is 0 Å². The van der Waals surface area contributed by atoms with Crippen molar-refractivity contribution in [1.29, 1.82) is 0 Å². The quantitative estimate of drug-likeness (QED) is 0.227. The van der Waals surface area contributed by atoms with Crippen molar-refractivity contribution in [2.45, 2.75) is 38.0 Å². The molecule has 2 unspecified atom stereocenters. The Labute approximate surface area is 231 Å². The van der Waals surface area contributed by atoms with Crippen molar-refractivity contribution < 1.29 is 0 Å². The molecule has 0 aromatic heterocycles. The summed E-state index contributed by atoms with van der Waals surface area (Å²) in [5.41, 5.74) is 13.3. The van der Waals surface area contributed by atoms with E-state index in [1.165, 1.54) is 55.7 Å². The van der Waals surface area contributed by atoms with Gasteiger partial charge in [-0.2, -0.15) is 0 Å². The second-order valence-electron chi connectivity index (χ2n) is 11.0. The highest BCUT2D eigenvalue weighted by Gasteiger charge is 2.49. The van der Waals surface area contributed by atoms with Crippen LogP contribution in [0.4, 0.5) is 0 Å². The van der Waals surface area contributed by atoms with Crippen molar-refractivity contribution in [2.24, 2.45) is 0 Å². The van der Waals surface area contributed by atoms with Gasteiger partial charge in [0.15, 0.2) is 0 Å². The number of hydrogen-bond acceptors (Lipinski definition) is 0. The van der Waals surface area contributed by atoms with Crippen molar-refractivity contribution in [2.75, 3.05) is 0 Å². The SMILES string of the molecule is CC1=C(Cl)c2c(-c3ccccc3)cccc2C1[Si](C)(C)C1C(C)=C(Cl)c2c(-c3ccccc3)cccc21. The van der Waals surface area contributed by atoms with Crippen LogP contribution in [0.15, 0.2) is 108 Å². The normalized spacial score (nSPS) is 18.9. The topological polar surface area (TPSA) is 0 Å². The fourth-order valence-electron chi connectivity index (χ4n) is 7.03. The molecule has 0 saturated carbocycles. The van der Waals surface area contributed by atoms with Crippen molar-refractivity contribution in [3.05, 3.63) is 130 Å². The van der Waals surface area contributed by atoms with Crippen LogP contribution >= 0.6 is 23.2 Å². The molecule has 0 radical (unpaired) electrons. The van der Waals surface area contributed by atoms with Crippen molar-refractivity contribution in [1.82, 2.24) is 0 Å². The molecule has 2 atom stereocenters. The molecule has 0 bridgehead atoms. The van der Waals surface area contributed by atoms with Gasteiger partial charge in [-0.25, -0.2) is 0 Å². The largest absolute Gasteiger partial charge is 0.0837 e. The van der Waals surface area contributed by atoms with Gasteiger partial charge in [0, 0.05) is 32.3 Å². The molecule has 0 nitrogen and oxygen atoms in total. The number of fused-ring (bicyclic) bond motifs is 2. The molecule has 0 saturated heterocycles. The predicted octanol–water partition coefficient (Wildman–Crippen LogP) is 10.6. The maximum atomic E-state index is 7.19. The second-order valence-corrected chi connectivity index (χ2v) is 16.5. The summed E-state index contributed by atoms with van der Waals surface area (Å²) >= 11 is 14.4. The lowest BCUT2D eigenvalue weighted by atomic mass is 9.97. The zero-order valence-corrected chi connectivity index (χ0v) is 24.2. The van der Waals surface area contributed by atoms with E-state index in [0.717, 1.165) is 10.1 Å². The number of rotatable bonds is 4. The number of hydrogen-bond donors (Lipinski definition) is 0. The van der Waals surface area contributed by atoms with Crippen LogP contribution in [0.1, 0.15) is 47.2 Å². The van der Waals surface area contributed by atoms with Gasteiger partial charge in [-0.05, 0) is 58.4 Å². The van der Waals surface area contributed by atoms with E-state index in [0.29, 0.717) is 11.1 Å². The average molecular weight is 538 g/mol. The minimum Gasteiger partial charge on any atom is -0.0837 e. The number of benzene rings is 4. The summed E-state index contributed by atoms with van der Waals surface area (Å²) in [6, 6.07) is 34.6. The highest BCUT2D eigenvalue weighted by molar-refractivity contribution is 6.82. The van der Waals surface area contributed by atoms with Crippen molar-refractivity contribution in [3.8, 4) is 22.3 Å². The summed E-state index contributed by atoms with van der Waals surface area (Å²) < 4.78 is 0. The van der Waals surface area contributed by atoms with Crippen LogP contribution in [0.5, 0.6) is 0 Å². The van der Waals surface area contributed by atoms with Crippen LogP contribution < -0.4 is 0 Å². The monoisotopic (exact) mass is 536 g/mol. The minimum atomic E-state index is -2.08. The third-order valence-electron chi connectivity index (χ3n) is 8.47. The molecule has 3 heteroatoms. The first-order valence-electron chi connectivity index (χ1n) is 12.9. The average Bonchev–Trinajstić information content (AvgIpc) is 3.34. The summed E-state index contributed by atoms with van der Waals surface area (Å²) in [4.78, 5) is 0. The van der Waals surface area contributed by atoms with Gasteiger partial charge in [0.05, 0.1) is 8.07 Å². The van der Waals surface area contributed by atoms with Gasteiger partial charge in [0.25, 0.3) is 0 Å². The maximum Gasteiger partial charge on any atom is 0.0723 e. The molecular weight excluding hydrogens is 507 g/mol. The molecule has 4 aromatic rings. The fraction of sp³-hybridized carbons (Fsp3) is 0.176. The van der Waals surface area contributed by atoms with Gasteiger partial charge in [-0.3, -0.25) is 0 Å². The van der Waals surface area contributed by atoms with Crippen LogP contribution in [0.2, 0.25) is 13.1 Å². The van der Waals surface area contributed by atoms with Gasteiger partial charge in [0.2, 0.25) is 0 Å². The van der Waals surface area contributed by atoms with E-state index in [9.17, 15) is 0 Å². The molecule has 0 spiro atoms. The lowest BCUT2D eigenvalue weighted by Crippen LogP contribution is -2.42. The molecule has 37 heavy (non-hydrogen) atoms. The van der Waals surface area contributed by atoms with Gasteiger partial charge >= 0.3 is 0 Å². The molecule has 0 heterocycles. The lowest BCUT2D eigenvalue weighted by Gasteiger charge is -2.39. The van der Waals surface area contributed by atoms with Gasteiger partial charge < -0.3 is 0 Å². The summed E-state index contributed by atoms with van der Waals surface area (Å²) in [6.07, 6.45) is 0. The molecule has 6 rings (SSSR count). The van der Waals surface area contributed by atoms with Crippen molar-refractivity contribution in [3.63, 3.8) is 0 Å². The third kappa shape index (κ3) is 3.71. The van der Waals surface area contributed by atoms with E-state index in [1.807, 2.05) is 0 Å². The molecule has 0 N–H and O–H groups in total. The molecule has 0 fully saturated rings. The Kier molecular flexibility index (Phi) is 6.07. The zero-order chi connectivity index (χ0) is 25.9.